The van der Waals surface area contributed by atoms with E-state index in [2.05, 4.69) is 21.5 Å². The largest absolute Gasteiger partial charge is 0.433 e. The van der Waals surface area contributed by atoms with Crippen LogP contribution in [0.15, 0.2) is 24.3 Å². The average Bonchev–Trinajstić information content (AvgIpc) is 3.44. The van der Waals surface area contributed by atoms with Crippen molar-refractivity contribution >= 4 is 17.5 Å². The summed E-state index contributed by atoms with van der Waals surface area (Å²) in [5.74, 6) is -0.195. The fourth-order valence-corrected chi connectivity index (χ4v) is 5.12. The number of carbonyl (C=O) groups is 1. The first-order chi connectivity index (χ1) is 15.2. The molecule has 3 atom stereocenters. The number of halogens is 3. The molecule has 3 aliphatic rings. The maximum atomic E-state index is 13.2. The highest BCUT2D eigenvalue weighted by atomic mass is 19.4. The van der Waals surface area contributed by atoms with E-state index in [1.807, 2.05) is 0 Å². The Morgan fingerprint density at radius 2 is 2.06 bits per heavy atom. The van der Waals surface area contributed by atoms with Crippen LogP contribution in [0.1, 0.15) is 46.6 Å². The number of amides is 1. The van der Waals surface area contributed by atoms with Crippen LogP contribution in [0.3, 0.4) is 0 Å². The van der Waals surface area contributed by atoms with Gasteiger partial charge in [-0.1, -0.05) is 0 Å². The predicted molar refractivity (Wildman–Crippen MR) is 109 cm³/mol. The molecule has 10 heteroatoms. The van der Waals surface area contributed by atoms with Crippen molar-refractivity contribution in [1.29, 1.82) is 5.26 Å². The number of aromatic nitrogens is 2. The molecule has 7 nitrogen and oxygen atoms in total. The van der Waals surface area contributed by atoms with E-state index in [1.54, 1.807) is 28.0 Å². The number of hydrogen-bond donors (Lipinski definition) is 1. The molecule has 2 fully saturated rings. The zero-order chi connectivity index (χ0) is 22.6. The summed E-state index contributed by atoms with van der Waals surface area (Å²) in [6.45, 7) is 1.94. The van der Waals surface area contributed by atoms with Crippen molar-refractivity contribution in [2.75, 3.05) is 11.4 Å². The SMILES string of the molecule is Cc1cc(C(F)(F)F)nc(N2CCc3cc(C(=O)N[C@@H]4C[C@@H]5CC[C@H]4N5C#N)ccc32)n1. The molecule has 1 aromatic heterocycles. The van der Waals surface area contributed by atoms with E-state index < -0.39 is 11.9 Å². The lowest BCUT2D eigenvalue weighted by atomic mass is 9.95. The molecule has 1 N–H and O–H groups in total. The number of rotatable bonds is 3. The number of carbonyl (C=O) groups excluding carboxylic acids is 1. The summed E-state index contributed by atoms with van der Waals surface area (Å²) in [6, 6.07) is 6.32. The van der Waals surface area contributed by atoms with Crippen molar-refractivity contribution < 1.29 is 18.0 Å². The van der Waals surface area contributed by atoms with E-state index in [-0.39, 0.29) is 35.7 Å². The van der Waals surface area contributed by atoms with E-state index in [0.717, 1.165) is 30.9 Å². The highest BCUT2D eigenvalue weighted by Gasteiger charge is 2.46. The van der Waals surface area contributed by atoms with Crippen molar-refractivity contribution in [2.24, 2.45) is 0 Å². The Balaban J connectivity index is 1.35. The highest BCUT2D eigenvalue weighted by Crippen LogP contribution is 2.38. The van der Waals surface area contributed by atoms with E-state index >= 15 is 0 Å². The molecule has 0 saturated carbocycles. The Bertz CT molecular complexity index is 1130. The Morgan fingerprint density at radius 1 is 1.25 bits per heavy atom. The third-order valence-corrected chi connectivity index (χ3v) is 6.58. The Morgan fingerprint density at radius 3 is 2.78 bits per heavy atom. The first-order valence-electron chi connectivity index (χ1n) is 10.6. The third-order valence-electron chi connectivity index (χ3n) is 6.58. The van der Waals surface area contributed by atoms with Crippen molar-refractivity contribution in [3.05, 3.63) is 46.8 Å². The van der Waals surface area contributed by atoms with Gasteiger partial charge in [0.1, 0.15) is 5.69 Å². The molecule has 166 valence electrons. The smallest absolute Gasteiger partial charge is 0.347 e. The molecule has 1 aromatic carbocycles. The van der Waals surface area contributed by atoms with Gasteiger partial charge in [-0.05, 0) is 62.4 Å². The number of aryl methyl sites for hydroxylation is 1. The Kier molecular flexibility index (Phi) is 4.73. The second kappa shape index (κ2) is 7.36. The lowest BCUT2D eigenvalue weighted by molar-refractivity contribution is -0.141. The summed E-state index contributed by atoms with van der Waals surface area (Å²) in [4.78, 5) is 24.2. The van der Waals surface area contributed by atoms with Crippen LogP contribution in [-0.4, -0.2) is 45.4 Å². The van der Waals surface area contributed by atoms with Crippen LogP contribution in [0, 0.1) is 18.4 Å². The van der Waals surface area contributed by atoms with Crippen LogP contribution in [0.5, 0.6) is 0 Å². The first kappa shape index (κ1) is 20.5. The van der Waals surface area contributed by atoms with Crippen LogP contribution < -0.4 is 10.2 Å². The minimum atomic E-state index is -4.55. The van der Waals surface area contributed by atoms with E-state index in [0.29, 0.717) is 24.2 Å². The number of anilines is 2. The number of nitriles is 1. The molecule has 0 unspecified atom stereocenters. The normalized spacial score (nSPS) is 23.9. The maximum Gasteiger partial charge on any atom is 0.433 e. The monoisotopic (exact) mass is 442 g/mol. The molecular weight excluding hydrogens is 421 g/mol. The molecule has 1 amide bonds. The maximum absolute atomic E-state index is 13.2. The van der Waals surface area contributed by atoms with Gasteiger partial charge >= 0.3 is 6.18 Å². The second-order valence-electron chi connectivity index (χ2n) is 8.56. The van der Waals surface area contributed by atoms with Crippen molar-refractivity contribution in [2.45, 2.75) is 56.9 Å². The second-order valence-corrected chi connectivity index (χ2v) is 8.56. The number of hydrogen-bond acceptors (Lipinski definition) is 6. The molecule has 3 aliphatic heterocycles. The highest BCUT2D eigenvalue weighted by molar-refractivity contribution is 5.95. The van der Waals surface area contributed by atoms with Gasteiger partial charge in [0.25, 0.3) is 5.91 Å². The van der Waals surface area contributed by atoms with Gasteiger partial charge in [-0.3, -0.25) is 4.79 Å². The fraction of sp³-hybridized carbons (Fsp3) is 0.455. The van der Waals surface area contributed by atoms with Gasteiger partial charge in [0.15, 0.2) is 6.19 Å². The zero-order valence-electron chi connectivity index (χ0n) is 17.4. The molecule has 2 aromatic rings. The van der Waals surface area contributed by atoms with Crippen molar-refractivity contribution in [3.8, 4) is 6.19 Å². The number of nitrogens with one attached hydrogen (secondary N) is 1. The molecule has 0 radical (unpaired) electrons. The van der Waals surface area contributed by atoms with Crippen LogP contribution >= 0.6 is 0 Å². The molecule has 2 bridgehead atoms. The van der Waals surface area contributed by atoms with E-state index in [4.69, 9.17) is 0 Å². The molecule has 5 rings (SSSR count). The van der Waals surface area contributed by atoms with Gasteiger partial charge in [-0.25, -0.2) is 9.97 Å². The van der Waals surface area contributed by atoms with Gasteiger partial charge < -0.3 is 15.1 Å². The van der Waals surface area contributed by atoms with Crippen molar-refractivity contribution in [1.82, 2.24) is 20.2 Å². The molecule has 32 heavy (non-hydrogen) atoms. The van der Waals surface area contributed by atoms with Gasteiger partial charge in [-0.2, -0.15) is 18.4 Å². The number of alkyl halides is 3. The molecule has 4 heterocycles. The van der Waals surface area contributed by atoms with E-state index in [1.165, 1.54) is 6.92 Å². The Hall–Kier alpha value is -3.35. The fourth-order valence-electron chi connectivity index (χ4n) is 5.12. The van der Waals surface area contributed by atoms with Crippen LogP contribution in [0.2, 0.25) is 0 Å². The number of benzene rings is 1. The summed E-state index contributed by atoms with van der Waals surface area (Å²) >= 11 is 0. The third kappa shape index (κ3) is 3.42. The standard InChI is InChI=1S/C22H21F3N6O/c1-12-8-19(22(23,24)25)29-21(27-12)30-7-6-13-9-14(2-4-17(13)30)20(32)28-16-10-15-3-5-18(16)31(15)11-26/h2,4,8-9,15-16,18H,3,5-7,10H2,1H3,(H,28,32)/t15-,16+,18+/m0/s1. The first-order valence-corrected chi connectivity index (χ1v) is 10.6. The minimum absolute atomic E-state index is 0.00634. The van der Waals surface area contributed by atoms with Gasteiger partial charge in [-0.15, -0.1) is 0 Å². The number of fused-ring (bicyclic) bond motifs is 3. The van der Waals surface area contributed by atoms with Gasteiger partial charge in [0.05, 0.1) is 12.1 Å². The van der Waals surface area contributed by atoms with E-state index in [9.17, 15) is 23.2 Å². The quantitative estimate of drug-likeness (QED) is 0.735. The van der Waals surface area contributed by atoms with Crippen molar-refractivity contribution in [3.63, 3.8) is 0 Å². The predicted octanol–water partition coefficient (Wildman–Crippen LogP) is 3.31. The summed E-state index contributed by atoms with van der Waals surface area (Å²) in [5.41, 5.74) is 1.34. The summed E-state index contributed by atoms with van der Waals surface area (Å²) in [7, 11) is 0. The Labute approximate surface area is 182 Å². The van der Waals surface area contributed by atoms with Gasteiger partial charge in [0, 0.05) is 29.5 Å². The summed E-state index contributed by atoms with van der Waals surface area (Å²) in [6.07, 6.45) is 0.918. The summed E-state index contributed by atoms with van der Waals surface area (Å²) < 4.78 is 39.5. The van der Waals surface area contributed by atoms with Crippen LogP contribution in [0.25, 0.3) is 0 Å². The van der Waals surface area contributed by atoms with Crippen LogP contribution in [0.4, 0.5) is 24.8 Å². The molecule has 0 spiro atoms. The number of nitrogens with zero attached hydrogens (tertiary/aromatic N) is 5. The van der Waals surface area contributed by atoms with Gasteiger partial charge in [0.2, 0.25) is 5.95 Å². The lowest BCUT2D eigenvalue weighted by Gasteiger charge is -2.22. The topological polar surface area (TPSA) is 85.2 Å². The zero-order valence-corrected chi connectivity index (χ0v) is 17.4. The molecule has 2 saturated heterocycles. The minimum Gasteiger partial charge on any atom is -0.347 e. The molecular formula is C22H21F3N6O. The molecule has 0 aliphatic carbocycles. The van der Waals surface area contributed by atoms with Crippen LogP contribution in [-0.2, 0) is 12.6 Å². The summed E-state index contributed by atoms with van der Waals surface area (Å²) in [5, 5.41) is 12.4. The average molecular weight is 442 g/mol. The lowest BCUT2D eigenvalue weighted by Crippen LogP contribution is -2.43.